The smallest absolute Gasteiger partial charge is 0.223 e. The molecule has 3 rings (SSSR count). The van der Waals surface area contributed by atoms with Crippen LogP contribution in [0.1, 0.15) is 28.8 Å². The zero-order valence-corrected chi connectivity index (χ0v) is 17.4. The molecule has 6 heteroatoms. The van der Waals surface area contributed by atoms with Crippen molar-refractivity contribution >= 4 is 28.6 Å². The number of aryl methyl sites for hydroxylation is 3. The highest BCUT2D eigenvalue weighted by Crippen LogP contribution is 2.25. The fourth-order valence-corrected chi connectivity index (χ4v) is 3.94. The molecule has 0 aliphatic heterocycles. The van der Waals surface area contributed by atoms with Gasteiger partial charge in [-0.05, 0) is 44.5 Å². The van der Waals surface area contributed by atoms with Crippen LogP contribution in [0.5, 0.6) is 0 Å². The molecule has 0 bridgehead atoms. The van der Waals surface area contributed by atoms with E-state index in [0.29, 0.717) is 13.0 Å². The van der Waals surface area contributed by atoms with Crippen molar-refractivity contribution in [3.8, 4) is 0 Å². The first-order valence-electron chi connectivity index (χ1n) is 9.07. The summed E-state index contributed by atoms with van der Waals surface area (Å²) in [6.45, 7) is 6.82. The normalized spacial score (nSPS) is 11.1. The molecule has 0 aliphatic rings. The van der Waals surface area contributed by atoms with Crippen molar-refractivity contribution < 1.29 is 4.79 Å². The molecule has 0 N–H and O–H groups in total. The highest BCUT2D eigenvalue weighted by Gasteiger charge is 2.13. The van der Waals surface area contributed by atoms with Gasteiger partial charge in [0.25, 0.3) is 0 Å². The summed E-state index contributed by atoms with van der Waals surface area (Å²) in [6, 6.07) is 8.43. The zero-order chi connectivity index (χ0) is 19.6. The van der Waals surface area contributed by atoms with E-state index < -0.39 is 0 Å². The molecule has 3 aromatic rings. The average Bonchev–Trinajstić information content (AvgIpc) is 2.94. The predicted molar refractivity (Wildman–Crippen MR) is 111 cm³/mol. The Morgan fingerprint density at radius 2 is 2.00 bits per heavy atom. The molecule has 2 heterocycles. The number of carbonyl (C=O) groups is 1. The largest absolute Gasteiger partial charge is 0.341 e. The lowest BCUT2D eigenvalue weighted by Gasteiger charge is -2.17. The molecule has 0 fully saturated rings. The van der Waals surface area contributed by atoms with Gasteiger partial charge in [-0.2, -0.15) is 5.10 Å². The van der Waals surface area contributed by atoms with E-state index in [1.165, 1.54) is 16.5 Å². The molecule has 0 spiro atoms. The Hall–Kier alpha value is -2.34. The quantitative estimate of drug-likeness (QED) is 0.604. The van der Waals surface area contributed by atoms with Crippen LogP contribution in [-0.4, -0.2) is 38.4 Å². The second-order valence-electron chi connectivity index (χ2n) is 7.03. The third-order valence-electron chi connectivity index (χ3n) is 4.88. The van der Waals surface area contributed by atoms with Crippen molar-refractivity contribution in [3.63, 3.8) is 0 Å². The maximum absolute atomic E-state index is 12.4. The molecular weight excluding hydrogens is 356 g/mol. The Balaban J connectivity index is 1.57. The van der Waals surface area contributed by atoms with E-state index in [2.05, 4.69) is 43.2 Å². The molecule has 1 amide bonds. The van der Waals surface area contributed by atoms with E-state index in [-0.39, 0.29) is 5.91 Å². The number of thioether (sulfide) groups is 1. The molecule has 0 saturated carbocycles. The third-order valence-corrected chi connectivity index (χ3v) is 5.80. The first-order valence-corrected chi connectivity index (χ1v) is 10.1. The number of benzene rings is 1. The zero-order valence-electron chi connectivity index (χ0n) is 16.6. The number of rotatable bonds is 6. The number of aromatic nitrogens is 3. The number of hydrogen-bond donors (Lipinski definition) is 0. The van der Waals surface area contributed by atoms with E-state index in [9.17, 15) is 4.79 Å². The van der Waals surface area contributed by atoms with Crippen molar-refractivity contribution in [2.24, 2.45) is 7.05 Å². The average molecular weight is 383 g/mol. The number of amides is 1. The fraction of sp³-hybridized carbons (Fsp3) is 0.381. The molecule has 2 aromatic heterocycles. The Bertz CT molecular complexity index is 980. The lowest BCUT2D eigenvalue weighted by atomic mass is 10.1. The summed E-state index contributed by atoms with van der Waals surface area (Å²) in [6.07, 6.45) is 2.32. The number of fused-ring (bicyclic) bond motifs is 1. The van der Waals surface area contributed by atoms with Crippen LogP contribution in [0.4, 0.5) is 0 Å². The van der Waals surface area contributed by atoms with Crippen LogP contribution in [0.25, 0.3) is 10.9 Å². The number of hydrogen-bond acceptors (Lipinski definition) is 4. The van der Waals surface area contributed by atoms with Crippen molar-refractivity contribution in [1.82, 2.24) is 19.7 Å². The van der Waals surface area contributed by atoms with E-state index in [1.54, 1.807) is 16.7 Å². The van der Waals surface area contributed by atoms with E-state index in [1.807, 2.05) is 31.9 Å². The highest BCUT2D eigenvalue weighted by molar-refractivity contribution is 7.99. The molecule has 27 heavy (non-hydrogen) atoms. The van der Waals surface area contributed by atoms with Crippen LogP contribution >= 0.6 is 11.8 Å². The van der Waals surface area contributed by atoms with Gasteiger partial charge in [-0.3, -0.25) is 9.48 Å². The van der Waals surface area contributed by atoms with Gasteiger partial charge in [-0.25, -0.2) is 4.98 Å². The minimum atomic E-state index is 0.138. The standard InChI is InChI=1S/C21H26N4OS/c1-14-6-7-19-18(10-14)15(2)11-20(23-19)27-9-8-21(26)24(4)13-17-12-22-25(5)16(17)3/h6-7,10-12H,8-9,13H2,1-5H3. The minimum absolute atomic E-state index is 0.138. The van der Waals surface area contributed by atoms with Gasteiger partial charge in [0, 0.05) is 49.5 Å². The van der Waals surface area contributed by atoms with Crippen molar-refractivity contribution in [2.75, 3.05) is 12.8 Å². The van der Waals surface area contributed by atoms with Gasteiger partial charge in [0.2, 0.25) is 5.91 Å². The van der Waals surface area contributed by atoms with Gasteiger partial charge in [-0.15, -0.1) is 11.8 Å². The minimum Gasteiger partial charge on any atom is -0.341 e. The van der Waals surface area contributed by atoms with Crippen LogP contribution in [0, 0.1) is 20.8 Å². The second kappa shape index (κ2) is 8.13. The van der Waals surface area contributed by atoms with Gasteiger partial charge < -0.3 is 4.90 Å². The third kappa shape index (κ3) is 4.50. The van der Waals surface area contributed by atoms with Gasteiger partial charge in [0.15, 0.2) is 0 Å². The van der Waals surface area contributed by atoms with E-state index >= 15 is 0 Å². The monoisotopic (exact) mass is 382 g/mol. The first kappa shape index (κ1) is 19.4. The highest BCUT2D eigenvalue weighted by atomic mass is 32.2. The Labute approximate surface area is 164 Å². The molecule has 5 nitrogen and oxygen atoms in total. The van der Waals surface area contributed by atoms with Gasteiger partial charge in [0.05, 0.1) is 16.7 Å². The summed E-state index contributed by atoms with van der Waals surface area (Å²) in [5.74, 6) is 0.859. The predicted octanol–water partition coefficient (Wildman–Crippen LogP) is 4.03. The maximum Gasteiger partial charge on any atom is 0.223 e. The van der Waals surface area contributed by atoms with E-state index in [4.69, 9.17) is 4.98 Å². The van der Waals surface area contributed by atoms with Gasteiger partial charge >= 0.3 is 0 Å². The lowest BCUT2D eigenvalue weighted by Crippen LogP contribution is -2.26. The summed E-state index contributed by atoms with van der Waals surface area (Å²) >= 11 is 1.64. The Morgan fingerprint density at radius 3 is 2.70 bits per heavy atom. The van der Waals surface area contributed by atoms with Crippen LogP contribution in [0.2, 0.25) is 0 Å². The number of carbonyl (C=O) groups excluding carboxylic acids is 1. The van der Waals surface area contributed by atoms with Crippen molar-refractivity contribution in [1.29, 1.82) is 0 Å². The molecule has 0 aliphatic carbocycles. The topological polar surface area (TPSA) is 51.0 Å². The van der Waals surface area contributed by atoms with Crippen molar-refractivity contribution in [3.05, 3.63) is 52.8 Å². The second-order valence-corrected chi connectivity index (χ2v) is 8.14. The summed E-state index contributed by atoms with van der Waals surface area (Å²) in [5, 5.41) is 6.41. The SMILES string of the molecule is Cc1ccc2nc(SCCC(=O)N(C)Cc3cnn(C)c3C)cc(C)c2c1. The molecule has 1 aromatic carbocycles. The van der Waals surface area contributed by atoms with Crippen LogP contribution in [0.3, 0.4) is 0 Å². The van der Waals surface area contributed by atoms with E-state index in [0.717, 1.165) is 27.6 Å². The molecular formula is C21H26N4OS. The summed E-state index contributed by atoms with van der Waals surface area (Å²) in [5.41, 5.74) is 5.66. The lowest BCUT2D eigenvalue weighted by molar-refractivity contribution is -0.129. The van der Waals surface area contributed by atoms with Gasteiger partial charge in [-0.1, -0.05) is 11.6 Å². The van der Waals surface area contributed by atoms with Gasteiger partial charge in [0.1, 0.15) is 0 Å². The number of nitrogens with zero attached hydrogens (tertiary/aromatic N) is 4. The molecule has 0 saturated heterocycles. The van der Waals surface area contributed by atoms with Crippen molar-refractivity contribution in [2.45, 2.75) is 38.8 Å². The molecule has 0 unspecified atom stereocenters. The van der Waals surface area contributed by atoms with Crippen LogP contribution in [0.15, 0.2) is 35.5 Å². The Kier molecular flexibility index (Phi) is 5.85. The first-order chi connectivity index (χ1) is 12.8. The maximum atomic E-state index is 12.4. The summed E-state index contributed by atoms with van der Waals surface area (Å²) < 4.78 is 1.83. The number of pyridine rings is 1. The Morgan fingerprint density at radius 1 is 1.22 bits per heavy atom. The van der Waals surface area contributed by atoms with Crippen LogP contribution in [-0.2, 0) is 18.4 Å². The molecule has 0 radical (unpaired) electrons. The summed E-state index contributed by atoms with van der Waals surface area (Å²) in [7, 11) is 3.76. The fourth-order valence-electron chi connectivity index (χ4n) is 3.03. The molecule has 142 valence electrons. The van der Waals surface area contributed by atoms with Crippen LogP contribution < -0.4 is 0 Å². The molecule has 0 atom stereocenters. The summed E-state index contributed by atoms with van der Waals surface area (Å²) in [4.78, 5) is 18.9.